The number of nitriles is 2. The van der Waals surface area contributed by atoms with Crippen molar-refractivity contribution in [1.29, 1.82) is 10.5 Å². The van der Waals surface area contributed by atoms with Crippen molar-refractivity contribution in [2.75, 3.05) is 5.32 Å². The molecule has 5 nitrogen and oxygen atoms in total. The number of anilines is 1. The molecule has 0 atom stereocenters. The van der Waals surface area contributed by atoms with E-state index in [0.717, 1.165) is 23.9 Å². The Labute approximate surface area is 211 Å². The van der Waals surface area contributed by atoms with Crippen molar-refractivity contribution in [2.24, 2.45) is 0 Å². The number of nitrogens with one attached hydrogen (secondary N) is 1. The van der Waals surface area contributed by atoms with E-state index in [2.05, 4.69) is 5.32 Å². The molecule has 0 aliphatic rings. The van der Waals surface area contributed by atoms with E-state index >= 15 is 0 Å². The Morgan fingerprint density at radius 2 is 1.56 bits per heavy atom. The molecule has 2 N–H and O–H groups in total. The van der Waals surface area contributed by atoms with Gasteiger partial charge in [0.2, 0.25) is 0 Å². The highest BCUT2D eigenvalue weighted by Gasteiger charge is 2.35. The van der Waals surface area contributed by atoms with Crippen molar-refractivity contribution in [2.45, 2.75) is 49.1 Å². The molecule has 0 saturated carbocycles. The minimum absolute atomic E-state index is 0.146. The standard InChI is InChI=1S/C27H22F3N3O2S/c1-15-17(14-32)11-21(26(2,3)4)24(34)23(15)25(35)33-22-10-9-19(12-20(22)27(28,29)30)36-18-7-5-16(13-31)6-8-18/h5-12,34H,1-4H3,(H,33,35). The number of amides is 1. The minimum atomic E-state index is -4.77. The van der Waals surface area contributed by atoms with Gasteiger partial charge in [-0.25, -0.2) is 0 Å². The highest BCUT2D eigenvalue weighted by molar-refractivity contribution is 7.99. The summed E-state index contributed by atoms with van der Waals surface area (Å²) in [4.78, 5) is 14.1. The zero-order chi connectivity index (χ0) is 26.8. The molecule has 184 valence electrons. The van der Waals surface area contributed by atoms with E-state index < -0.39 is 28.7 Å². The van der Waals surface area contributed by atoms with Crippen molar-refractivity contribution >= 4 is 23.4 Å². The van der Waals surface area contributed by atoms with Crippen LogP contribution in [0.15, 0.2) is 58.3 Å². The molecule has 0 heterocycles. The molecule has 0 fully saturated rings. The summed E-state index contributed by atoms with van der Waals surface area (Å²) in [5.74, 6) is -1.33. The van der Waals surface area contributed by atoms with Gasteiger partial charge < -0.3 is 10.4 Å². The lowest BCUT2D eigenvalue weighted by molar-refractivity contribution is -0.137. The van der Waals surface area contributed by atoms with Gasteiger partial charge in [-0.05, 0) is 66.4 Å². The van der Waals surface area contributed by atoms with Crippen LogP contribution in [0.2, 0.25) is 0 Å². The van der Waals surface area contributed by atoms with Crippen LogP contribution in [0.5, 0.6) is 5.75 Å². The zero-order valence-corrected chi connectivity index (χ0v) is 20.7. The molecule has 0 radical (unpaired) electrons. The van der Waals surface area contributed by atoms with Crippen molar-refractivity contribution < 1.29 is 23.1 Å². The second-order valence-electron chi connectivity index (χ2n) is 9.08. The molecule has 0 aliphatic carbocycles. The average Bonchev–Trinajstić information content (AvgIpc) is 2.79. The molecule has 9 heteroatoms. The SMILES string of the molecule is Cc1c(C#N)cc(C(C)(C)C)c(O)c1C(=O)Nc1ccc(Sc2ccc(C#N)cc2)cc1C(F)(F)F. The van der Waals surface area contributed by atoms with E-state index in [9.17, 15) is 28.3 Å². The number of halogens is 3. The molecular weight excluding hydrogens is 487 g/mol. The van der Waals surface area contributed by atoms with Crippen molar-refractivity contribution in [1.82, 2.24) is 0 Å². The quantitative estimate of drug-likeness (QED) is 0.389. The number of benzene rings is 3. The first kappa shape index (κ1) is 26.7. The van der Waals surface area contributed by atoms with Gasteiger partial charge in [0.25, 0.3) is 5.91 Å². The Balaban J connectivity index is 2.02. The monoisotopic (exact) mass is 509 g/mol. The Morgan fingerprint density at radius 3 is 2.08 bits per heavy atom. The number of nitrogens with zero attached hydrogens (tertiary/aromatic N) is 2. The Hall–Kier alpha value is -3.95. The van der Waals surface area contributed by atoms with Crippen LogP contribution in [0.4, 0.5) is 18.9 Å². The van der Waals surface area contributed by atoms with Crippen molar-refractivity contribution in [3.8, 4) is 17.9 Å². The molecule has 0 saturated heterocycles. The number of alkyl halides is 3. The minimum Gasteiger partial charge on any atom is -0.507 e. The van der Waals surface area contributed by atoms with Crippen LogP contribution < -0.4 is 5.32 Å². The molecule has 0 unspecified atom stereocenters. The summed E-state index contributed by atoms with van der Waals surface area (Å²) in [5, 5.41) is 31.5. The van der Waals surface area contributed by atoms with Crippen LogP contribution in [-0.2, 0) is 11.6 Å². The number of hydrogen-bond donors (Lipinski definition) is 2. The fourth-order valence-electron chi connectivity index (χ4n) is 3.58. The van der Waals surface area contributed by atoms with E-state index in [0.29, 0.717) is 16.0 Å². The first-order chi connectivity index (χ1) is 16.8. The van der Waals surface area contributed by atoms with E-state index in [-0.39, 0.29) is 27.3 Å². The van der Waals surface area contributed by atoms with Gasteiger partial charge in [-0.1, -0.05) is 32.5 Å². The summed E-state index contributed by atoms with van der Waals surface area (Å²) in [6.45, 7) is 6.81. The van der Waals surface area contributed by atoms with E-state index in [4.69, 9.17) is 5.26 Å². The summed E-state index contributed by atoms with van der Waals surface area (Å²) in [7, 11) is 0. The maximum atomic E-state index is 13.9. The molecular formula is C27H22F3N3O2S. The number of phenols is 1. The first-order valence-electron chi connectivity index (χ1n) is 10.7. The zero-order valence-electron chi connectivity index (χ0n) is 19.9. The number of carbonyl (C=O) groups is 1. The maximum absolute atomic E-state index is 13.9. The second kappa shape index (κ2) is 9.96. The predicted molar refractivity (Wildman–Crippen MR) is 131 cm³/mol. The van der Waals surface area contributed by atoms with Crippen molar-refractivity contribution in [3.63, 3.8) is 0 Å². The van der Waals surface area contributed by atoms with E-state index in [1.165, 1.54) is 19.1 Å². The van der Waals surface area contributed by atoms with Gasteiger partial charge in [-0.2, -0.15) is 23.7 Å². The van der Waals surface area contributed by atoms with Crippen LogP contribution in [-0.4, -0.2) is 11.0 Å². The third-order valence-corrected chi connectivity index (χ3v) is 6.48. The Kier molecular flexibility index (Phi) is 7.38. The van der Waals surface area contributed by atoms with Gasteiger partial charge in [0.1, 0.15) is 5.75 Å². The summed E-state index contributed by atoms with van der Waals surface area (Å²) < 4.78 is 41.8. The Morgan fingerprint density at radius 1 is 0.944 bits per heavy atom. The van der Waals surface area contributed by atoms with E-state index in [1.54, 1.807) is 45.0 Å². The number of phenolic OH excluding ortho intramolecular Hbond substituents is 1. The third kappa shape index (κ3) is 5.64. The molecule has 3 aromatic rings. The number of rotatable bonds is 4. The fourth-order valence-corrected chi connectivity index (χ4v) is 4.44. The summed E-state index contributed by atoms with van der Waals surface area (Å²) in [5.41, 5.74) is -1.32. The molecule has 36 heavy (non-hydrogen) atoms. The Bertz CT molecular complexity index is 1410. The lowest BCUT2D eigenvalue weighted by Crippen LogP contribution is -2.20. The maximum Gasteiger partial charge on any atom is 0.418 e. The number of aromatic hydroxyl groups is 1. The van der Waals surface area contributed by atoms with Gasteiger partial charge in [0.05, 0.1) is 40.1 Å². The van der Waals surface area contributed by atoms with Gasteiger partial charge in [0, 0.05) is 15.4 Å². The predicted octanol–water partition coefficient (Wildman–Crippen LogP) is 7.16. The van der Waals surface area contributed by atoms with Gasteiger partial charge in [-0.15, -0.1) is 0 Å². The first-order valence-corrected chi connectivity index (χ1v) is 11.6. The van der Waals surface area contributed by atoms with Crippen LogP contribution in [0.25, 0.3) is 0 Å². The highest BCUT2D eigenvalue weighted by atomic mass is 32.2. The average molecular weight is 510 g/mol. The number of hydrogen-bond acceptors (Lipinski definition) is 5. The molecule has 0 bridgehead atoms. The lowest BCUT2D eigenvalue weighted by atomic mass is 9.82. The molecule has 0 spiro atoms. The summed E-state index contributed by atoms with van der Waals surface area (Å²) >= 11 is 1.08. The number of carbonyl (C=O) groups excluding carboxylic acids is 1. The van der Waals surface area contributed by atoms with Crippen molar-refractivity contribution in [3.05, 3.63) is 81.9 Å². The smallest absolute Gasteiger partial charge is 0.418 e. The molecule has 0 aromatic heterocycles. The van der Waals surface area contributed by atoms with E-state index in [1.807, 2.05) is 12.1 Å². The highest BCUT2D eigenvalue weighted by Crippen LogP contribution is 2.41. The van der Waals surface area contributed by atoms with Crippen LogP contribution in [0.3, 0.4) is 0 Å². The largest absolute Gasteiger partial charge is 0.507 e. The topological polar surface area (TPSA) is 96.9 Å². The third-order valence-electron chi connectivity index (χ3n) is 5.48. The van der Waals surface area contributed by atoms with Gasteiger partial charge >= 0.3 is 6.18 Å². The summed E-state index contributed by atoms with van der Waals surface area (Å²) in [6, 6.07) is 15.4. The molecule has 1 amide bonds. The van der Waals surface area contributed by atoms with Crippen LogP contribution >= 0.6 is 11.8 Å². The molecule has 0 aliphatic heterocycles. The normalized spacial score (nSPS) is 11.5. The fraction of sp³-hybridized carbons (Fsp3) is 0.222. The lowest BCUT2D eigenvalue weighted by Gasteiger charge is -2.24. The molecule has 3 aromatic carbocycles. The summed E-state index contributed by atoms with van der Waals surface area (Å²) in [6.07, 6.45) is -4.77. The molecule has 3 rings (SSSR count). The van der Waals surface area contributed by atoms with Gasteiger partial charge in [-0.3, -0.25) is 4.79 Å². The van der Waals surface area contributed by atoms with Gasteiger partial charge in [0.15, 0.2) is 0 Å². The van der Waals surface area contributed by atoms with Crippen LogP contribution in [0.1, 0.15) is 58.9 Å². The second-order valence-corrected chi connectivity index (χ2v) is 10.2. The van der Waals surface area contributed by atoms with Crippen LogP contribution in [0, 0.1) is 29.6 Å².